The van der Waals surface area contributed by atoms with Crippen LogP contribution in [0.15, 0.2) is 36.8 Å². The van der Waals surface area contributed by atoms with Gasteiger partial charge in [0.25, 0.3) is 0 Å². The van der Waals surface area contributed by atoms with Crippen molar-refractivity contribution in [3.8, 4) is 0 Å². The third kappa shape index (κ3) is 2.46. The highest BCUT2D eigenvalue weighted by atomic mass is 16.4. The van der Waals surface area contributed by atoms with Crippen LogP contribution in [0.2, 0.25) is 0 Å². The van der Waals surface area contributed by atoms with Crippen LogP contribution in [0, 0.1) is 0 Å². The number of carbonyl (C=O) groups is 1. The SMILES string of the molecule is O=C(O)c1cccc([C@@H]2CCC[C@@H]2c2ncc3[nH]cnc3n2)c1. The van der Waals surface area contributed by atoms with E-state index in [1.54, 1.807) is 24.7 Å². The van der Waals surface area contributed by atoms with E-state index in [1.165, 1.54) is 0 Å². The second-order valence-electron chi connectivity index (χ2n) is 5.94. The van der Waals surface area contributed by atoms with Gasteiger partial charge in [0, 0.05) is 5.92 Å². The number of benzene rings is 1. The molecule has 0 amide bonds. The fourth-order valence-corrected chi connectivity index (χ4v) is 3.50. The molecule has 2 N–H and O–H groups in total. The van der Waals surface area contributed by atoms with E-state index in [4.69, 9.17) is 0 Å². The summed E-state index contributed by atoms with van der Waals surface area (Å²) in [5.74, 6) is 0.370. The highest BCUT2D eigenvalue weighted by molar-refractivity contribution is 5.87. The van der Waals surface area contributed by atoms with E-state index in [1.807, 2.05) is 12.1 Å². The summed E-state index contributed by atoms with van der Waals surface area (Å²) in [6.07, 6.45) is 6.52. The first-order chi connectivity index (χ1) is 11.2. The Hall–Kier alpha value is -2.76. The molecule has 0 spiro atoms. The molecule has 0 aliphatic heterocycles. The molecule has 1 aliphatic rings. The van der Waals surface area contributed by atoms with Gasteiger partial charge in [-0.2, -0.15) is 0 Å². The van der Waals surface area contributed by atoms with Crippen LogP contribution >= 0.6 is 0 Å². The molecule has 1 fully saturated rings. The third-order valence-corrected chi connectivity index (χ3v) is 4.60. The number of H-pyrrole nitrogens is 1. The first kappa shape index (κ1) is 13.9. The maximum absolute atomic E-state index is 11.2. The highest BCUT2D eigenvalue weighted by Gasteiger charge is 2.32. The first-order valence-corrected chi connectivity index (χ1v) is 7.71. The number of fused-ring (bicyclic) bond motifs is 1. The predicted molar refractivity (Wildman–Crippen MR) is 84.4 cm³/mol. The van der Waals surface area contributed by atoms with Gasteiger partial charge in [-0.15, -0.1) is 0 Å². The Morgan fingerprint density at radius 1 is 1.22 bits per heavy atom. The van der Waals surface area contributed by atoms with Crippen molar-refractivity contribution in [2.24, 2.45) is 0 Å². The van der Waals surface area contributed by atoms with E-state index in [-0.39, 0.29) is 11.8 Å². The number of aromatic carboxylic acids is 1. The Morgan fingerprint density at radius 3 is 2.96 bits per heavy atom. The Balaban J connectivity index is 1.71. The highest BCUT2D eigenvalue weighted by Crippen LogP contribution is 2.45. The summed E-state index contributed by atoms with van der Waals surface area (Å²) in [7, 11) is 0. The van der Waals surface area contributed by atoms with Gasteiger partial charge >= 0.3 is 5.97 Å². The molecule has 1 aliphatic carbocycles. The molecule has 116 valence electrons. The van der Waals surface area contributed by atoms with E-state index in [9.17, 15) is 9.90 Å². The van der Waals surface area contributed by atoms with Crippen LogP contribution in [0.25, 0.3) is 11.2 Å². The second kappa shape index (κ2) is 5.46. The first-order valence-electron chi connectivity index (χ1n) is 7.71. The lowest BCUT2D eigenvalue weighted by atomic mass is 9.87. The van der Waals surface area contributed by atoms with Gasteiger partial charge in [0.1, 0.15) is 11.3 Å². The minimum Gasteiger partial charge on any atom is -0.478 e. The van der Waals surface area contributed by atoms with Crippen molar-refractivity contribution >= 4 is 17.1 Å². The minimum atomic E-state index is -0.893. The molecule has 6 nitrogen and oxygen atoms in total. The third-order valence-electron chi connectivity index (χ3n) is 4.60. The van der Waals surface area contributed by atoms with Crippen LogP contribution in [0.3, 0.4) is 0 Å². The normalized spacial score (nSPS) is 20.9. The van der Waals surface area contributed by atoms with Gasteiger partial charge in [-0.25, -0.2) is 19.7 Å². The van der Waals surface area contributed by atoms with Gasteiger partial charge in [-0.05, 0) is 36.5 Å². The number of carboxylic acid groups (broad SMARTS) is 1. The summed E-state index contributed by atoms with van der Waals surface area (Å²) in [5, 5.41) is 9.19. The Labute approximate surface area is 132 Å². The van der Waals surface area contributed by atoms with Crippen molar-refractivity contribution in [2.75, 3.05) is 0 Å². The lowest BCUT2D eigenvalue weighted by Gasteiger charge is -2.19. The van der Waals surface area contributed by atoms with Gasteiger partial charge < -0.3 is 10.1 Å². The zero-order valence-corrected chi connectivity index (χ0v) is 12.4. The summed E-state index contributed by atoms with van der Waals surface area (Å²) >= 11 is 0. The number of hydrogen-bond donors (Lipinski definition) is 2. The lowest BCUT2D eigenvalue weighted by molar-refractivity contribution is 0.0696. The molecule has 0 saturated heterocycles. The number of hydrogen-bond acceptors (Lipinski definition) is 4. The van der Waals surface area contributed by atoms with Gasteiger partial charge in [-0.3, -0.25) is 0 Å². The van der Waals surface area contributed by atoms with Crippen LogP contribution in [0.1, 0.15) is 52.8 Å². The Bertz CT molecular complexity index is 874. The monoisotopic (exact) mass is 308 g/mol. The Morgan fingerprint density at radius 2 is 2.09 bits per heavy atom. The van der Waals surface area contributed by atoms with E-state index in [2.05, 4.69) is 19.9 Å². The van der Waals surface area contributed by atoms with Crippen molar-refractivity contribution in [3.63, 3.8) is 0 Å². The molecule has 23 heavy (non-hydrogen) atoms. The van der Waals surface area contributed by atoms with Gasteiger partial charge in [0.05, 0.1) is 18.1 Å². The largest absolute Gasteiger partial charge is 0.478 e. The number of imidazole rings is 1. The van der Waals surface area contributed by atoms with Crippen LogP contribution in [-0.4, -0.2) is 31.0 Å². The quantitative estimate of drug-likeness (QED) is 0.775. The number of nitrogens with zero attached hydrogens (tertiary/aromatic N) is 3. The number of carboxylic acids is 1. The summed E-state index contributed by atoms with van der Waals surface area (Å²) < 4.78 is 0. The average Bonchev–Trinajstić information content (AvgIpc) is 3.23. The van der Waals surface area contributed by atoms with Gasteiger partial charge in [0.15, 0.2) is 5.65 Å². The zero-order valence-electron chi connectivity index (χ0n) is 12.4. The molecule has 2 atom stereocenters. The van der Waals surface area contributed by atoms with Crippen molar-refractivity contribution in [3.05, 3.63) is 53.7 Å². The molecule has 2 heterocycles. The topological polar surface area (TPSA) is 91.8 Å². The van der Waals surface area contributed by atoms with Crippen molar-refractivity contribution in [2.45, 2.75) is 31.1 Å². The molecule has 1 aromatic carbocycles. The maximum Gasteiger partial charge on any atom is 0.335 e. The average molecular weight is 308 g/mol. The van der Waals surface area contributed by atoms with E-state index < -0.39 is 5.97 Å². The maximum atomic E-state index is 11.2. The van der Waals surface area contributed by atoms with Gasteiger partial charge in [-0.1, -0.05) is 18.6 Å². The molecular formula is C17H16N4O2. The molecule has 0 radical (unpaired) electrons. The molecular weight excluding hydrogens is 292 g/mol. The van der Waals surface area contributed by atoms with Crippen molar-refractivity contribution in [1.82, 2.24) is 19.9 Å². The van der Waals surface area contributed by atoms with Crippen molar-refractivity contribution in [1.29, 1.82) is 0 Å². The van der Waals surface area contributed by atoms with E-state index in [0.29, 0.717) is 11.2 Å². The van der Waals surface area contributed by atoms with Crippen molar-refractivity contribution < 1.29 is 9.90 Å². The summed E-state index contributed by atoms with van der Waals surface area (Å²) in [4.78, 5) is 27.5. The van der Waals surface area contributed by atoms with E-state index >= 15 is 0 Å². The van der Waals surface area contributed by atoms with Crippen LogP contribution in [0.5, 0.6) is 0 Å². The summed E-state index contributed by atoms with van der Waals surface area (Å²) in [6, 6.07) is 7.22. The van der Waals surface area contributed by atoms with Crippen LogP contribution in [-0.2, 0) is 0 Å². The number of aromatic amines is 1. The fourth-order valence-electron chi connectivity index (χ4n) is 3.50. The standard InChI is InChI=1S/C17H16N4O2/c22-17(23)11-4-1-3-10(7-11)12-5-2-6-13(12)15-18-8-14-16(21-15)20-9-19-14/h1,3-4,7-9,12-13H,2,5-6H2,(H,22,23)(H,18,19,20,21)/t12-,13-/m0/s1. The van der Waals surface area contributed by atoms with Gasteiger partial charge in [0.2, 0.25) is 0 Å². The molecule has 1 saturated carbocycles. The summed E-state index contributed by atoms with van der Waals surface area (Å²) in [5.41, 5.74) is 2.89. The van der Waals surface area contributed by atoms with E-state index in [0.717, 1.165) is 36.2 Å². The summed E-state index contributed by atoms with van der Waals surface area (Å²) in [6.45, 7) is 0. The van der Waals surface area contributed by atoms with Crippen LogP contribution < -0.4 is 0 Å². The molecule has 3 aromatic rings. The zero-order chi connectivity index (χ0) is 15.8. The molecule has 4 rings (SSSR count). The molecule has 2 aromatic heterocycles. The second-order valence-corrected chi connectivity index (χ2v) is 5.94. The lowest BCUT2D eigenvalue weighted by Crippen LogP contribution is -2.10. The van der Waals surface area contributed by atoms with Crippen LogP contribution in [0.4, 0.5) is 0 Å². The smallest absolute Gasteiger partial charge is 0.335 e. The molecule has 0 bridgehead atoms. The molecule has 0 unspecified atom stereocenters. The predicted octanol–water partition coefficient (Wildman–Crippen LogP) is 3.10. The number of rotatable bonds is 3. The fraction of sp³-hybridized carbons (Fsp3) is 0.294. The number of aromatic nitrogens is 4. The molecule has 6 heteroatoms. The minimum absolute atomic E-state index is 0.208. The number of nitrogens with one attached hydrogen (secondary N) is 1. The Kier molecular flexibility index (Phi) is 3.29.